The van der Waals surface area contributed by atoms with Crippen LogP contribution in [0.4, 0.5) is 5.69 Å². The van der Waals surface area contributed by atoms with Crippen molar-refractivity contribution >= 4 is 17.9 Å². The third-order valence-corrected chi connectivity index (χ3v) is 3.02. The van der Waals surface area contributed by atoms with Crippen LogP contribution in [0.5, 0.6) is 17.2 Å². The molecule has 7 heteroatoms. The van der Waals surface area contributed by atoms with Gasteiger partial charge in [-0.3, -0.25) is 5.43 Å². The second kappa shape index (κ2) is 7.17. The van der Waals surface area contributed by atoms with Crippen molar-refractivity contribution in [3.8, 4) is 17.2 Å². The Balaban J connectivity index is 2.17. The van der Waals surface area contributed by atoms with E-state index in [4.69, 9.17) is 14.6 Å². The number of hydrogen-bond acceptors (Lipinski definition) is 6. The second-order valence-electron chi connectivity index (χ2n) is 4.53. The standard InChI is InChI=1S/C16H16N2O5/c1-22-13-6-10(7-14(23-2)15(13)19)9-17-18-12-5-3-4-11(8-12)16(20)21/h3-9,18-19H,1-2H3,(H,20,21). The number of phenolic OH excluding ortho intramolecular Hbond substituents is 1. The normalized spacial score (nSPS) is 10.5. The number of hydrogen-bond donors (Lipinski definition) is 3. The number of carboxylic acids is 1. The summed E-state index contributed by atoms with van der Waals surface area (Å²) in [6, 6.07) is 9.47. The Hall–Kier alpha value is -3.22. The van der Waals surface area contributed by atoms with Gasteiger partial charge in [0.2, 0.25) is 5.75 Å². The second-order valence-corrected chi connectivity index (χ2v) is 4.53. The Morgan fingerprint density at radius 1 is 1.17 bits per heavy atom. The van der Waals surface area contributed by atoms with Gasteiger partial charge in [0.25, 0.3) is 0 Å². The summed E-state index contributed by atoms with van der Waals surface area (Å²) in [5.74, 6) is -0.572. The van der Waals surface area contributed by atoms with Gasteiger partial charge in [-0.05, 0) is 30.3 Å². The number of benzene rings is 2. The topological polar surface area (TPSA) is 100 Å². The number of aromatic carboxylic acids is 1. The highest BCUT2D eigenvalue weighted by molar-refractivity contribution is 5.89. The number of phenols is 1. The molecule has 0 spiro atoms. The highest BCUT2D eigenvalue weighted by Gasteiger charge is 2.10. The summed E-state index contributed by atoms with van der Waals surface area (Å²) < 4.78 is 10.1. The van der Waals surface area contributed by atoms with Crippen molar-refractivity contribution in [3.05, 3.63) is 47.5 Å². The fourth-order valence-electron chi connectivity index (χ4n) is 1.89. The first-order valence-electron chi connectivity index (χ1n) is 6.62. The van der Waals surface area contributed by atoms with E-state index >= 15 is 0 Å². The monoisotopic (exact) mass is 316 g/mol. The van der Waals surface area contributed by atoms with Crippen LogP contribution in [0.1, 0.15) is 15.9 Å². The number of carboxylic acid groups (broad SMARTS) is 1. The Morgan fingerprint density at radius 2 is 1.83 bits per heavy atom. The van der Waals surface area contributed by atoms with Gasteiger partial charge in [-0.15, -0.1) is 0 Å². The summed E-state index contributed by atoms with van der Waals surface area (Å²) in [7, 11) is 2.87. The highest BCUT2D eigenvalue weighted by Crippen LogP contribution is 2.36. The molecule has 0 heterocycles. The zero-order valence-corrected chi connectivity index (χ0v) is 12.6. The summed E-state index contributed by atoms with van der Waals surface area (Å²) in [5.41, 5.74) is 4.08. The van der Waals surface area contributed by atoms with Crippen molar-refractivity contribution in [3.63, 3.8) is 0 Å². The van der Waals surface area contributed by atoms with Crippen molar-refractivity contribution in [1.82, 2.24) is 0 Å². The first kappa shape index (κ1) is 16.2. The molecule has 0 amide bonds. The quantitative estimate of drug-likeness (QED) is 0.559. The number of carbonyl (C=O) groups is 1. The van der Waals surface area contributed by atoms with Crippen molar-refractivity contribution < 1.29 is 24.5 Å². The van der Waals surface area contributed by atoms with Gasteiger partial charge in [-0.2, -0.15) is 5.10 Å². The van der Waals surface area contributed by atoms with Gasteiger partial charge in [-0.1, -0.05) is 6.07 Å². The number of aromatic hydroxyl groups is 1. The number of nitrogens with one attached hydrogen (secondary N) is 1. The number of ether oxygens (including phenoxy) is 2. The van der Waals surface area contributed by atoms with E-state index in [0.717, 1.165) is 0 Å². The average Bonchev–Trinajstić information content (AvgIpc) is 2.56. The van der Waals surface area contributed by atoms with Crippen LogP contribution in [0, 0.1) is 0 Å². The molecule has 0 aliphatic rings. The molecule has 0 fully saturated rings. The van der Waals surface area contributed by atoms with Crippen LogP contribution in [0.15, 0.2) is 41.5 Å². The molecule has 0 atom stereocenters. The molecule has 0 aliphatic carbocycles. The van der Waals surface area contributed by atoms with Gasteiger partial charge in [0.05, 0.1) is 31.7 Å². The van der Waals surface area contributed by atoms with Gasteiger partial charge in [-0.25, -0.2) is 4.79 Å². The van der Waals surface area contributed by atoms with Gasteiger partial charge < -0.3 is 19.7 Å². The SMILES string of the molecule is COc1cc(C=NNc2cccc(C(=O)O)c2)cc(OC)c1O. The Labute approximate surface area is 132 Å². The minimum atomic E-state index is -1.01. The molecule has 2 aromatic carbocycles. The summed E-state index contributed by atoms with van der Waals surface area (Å²) in [6.45, 7) is 0. The molecular formula is C16H16N2O5. The summed E-state index contributed by atoms with van der Waals surface area (Å²) in [6.07, 6.45) is 1.50. The first-order chi connectivity index (χ1) is 11.0. The van der Waals surface area contributed by atoms with Crippen LogP contribution in [-0.2, 0) is 0 Å². The van der Waals surface area contributed by atoms with E-state index in [1.807, 2.05) is 0 Å². The van der Waals surface area contributed by atoms with E-state index in [1.165, 1.54) is 32.6 Å². The van der Waals surface area contributed by atoms with Gasteiger partial charge >= 0.3 is 5.97 Å². The van der Waals surface area contributed by atoms with Gasteiger partial charge in [0.15, 0.2) is 11.5 Å². The Bertz CT molecular complexity index is 718. The van der Waals surface area contributed by atoms with Gasteiger partial charge in [0, 0.05) is 5.56 Å². The minimum Gasteiger partial charge on any atom is -0.502 e. The molecule has 0 unspecified atom stereocenters. The van der Waals surface area contributed by atoms with Crippen LogP contribution in [0.25, 0.3) is 0 Å². The van der Waals surface area contributed by atoms with Crippen molar-refractivity contribution in [2.45, 2.75) is 0 Å². The molecular weight excluding hydrogens is 300 g/mol. The number of methoxy groups -OCH3 is 2. The molecule has 0 radical (unpaired) electrons. The minimum absolute atomic E-state index is 0.0886. The molecule has 23 heavy (non-hydrogen) atoms. The summed E-state index contributed by atoms with van der Waals surface area (Å²) in [4.78, 5) is 10.9. The average molecular weight is 316 g/mol. The van der Waals surface area contributed by atoms with E-state index in [-0.39, 0.29) is 22.8 Å². The molecule has 120 valence electrons. The zero-order valence-electron chi connectivity index (χ0n) is 12.6. The molecule has 0 aromatic heterocycles. The summed E-state index contributed by atoms with van der Waals surface area (Å²) in [5, 5.41) is 22.8. The molecule has 0 aliphatic heterocycles. The largest absolute Gasteiger partial charge is 0.502 e. The molecule has 0 saturated carbocycles. The van der Waals surface area contributed by atoms with Gasteiger partial charge in [0.1, 0.15) is 0 Å². The lowest BCUT2D eigenvalue weighted by atomic mass is 10.2. The molecule has 7 nitrogen and oxygen atoms in total. The lowest BCUT2D eigenvalue weighted by Crippen LogP contribution is -1.98. The maximum absolute atomic E-state index is 10.9. The molecule has 2 aromatic rings. The first-order valence-corrected chi connectivity index (χ1v) is 6.62. The predicted octanol–water partition coefficient (Wildman–Crippen LogP) is 2.55. The molecule has 0 saturated heterocycles. The maximum Gasteiger partial charge on any atom is 0.335 e. The predicted molar refractivity (Wildman–Crippen MR) is 85.8 cm³/mol. The van der Waals surface area contributed by atoms with E-state index in [9.17, 15) is 9.90 Å². The Morgan fingerprint density at radius 3 is 2.39 bits per heavy atom. The van der Waals surface area contributed by atoms with Crippen LogP contribution in [0.3, 0.4) is 0 Å². The van der Waals surface area contributed by atoms with E-state index in [1.54, 1.807) is 24.3 Å². The lowest BCUT2D eigenvalue weighted by molar-refractivity contribution is 0.0697. The molecule has 3 N–H and O–H groups in total. The van der Waals surface area contributed by atoms with Crippen LogP contribution in [-0.4, -0.2) is 36.6 Å². The van der Waals surface area contributed by atoms with E-state index < -0.39 is 5.97 Å². The Kier molecular flexibility index (Phi) is 5.03. The van der Waals surface area contributed by atoms with E-state index in [2.05, 4.69) is 10.5 Å². The third kappa shape index (κ3) is 3.91. The fourth-order valence-corrected chi connectivity index (χ4v) is 1.89. The lowest BCUT2D eigenvalue weighted by Gasteiger charge is -2.09. The van der Waals surface area contributed by atoms with Crippen LogP contribution >= 0.6 is 0 Å². The summed E-state index contributed by atoms with van der Waals surface area (Å²) >= 11 is 0. The number of hydrazone groups is 1. The maximum atomic E-state index is 10.9. The van der Waals surface area contributed by atoms with Crippen LogP contribution in [0.2, 0.25) is 0 Å². The molecule has 2 rings (SSSR count). The smallest absolute Gasteiger partial charge is 0.335 e. The molecule has 0 bridgehead atoms. The van der Waals surface area contributed by atoms with Crippen molar-refractivity contribution in [2.75, 3.05) is 19.6 Å². The fraction of sp³-hybridized carbons (Fsp3) is 0.125. The zero-order chi connectivity index (χ0) is 16.8. The van der Waals surface area contributed by atoms with E-state index in [0.29, 0.717) is 11.3 Å². The number of nitrogens with zero attached hydrogens (tertiary/aromatic N) is 1. The number of rotatable bonds is 6. The number of anilines is 1. The van der Waals surface area contributed by atoms with Crippen LogP contribution < -0.4 is 14.9 Å². The van der Waals surface area contributed by atoms with Crippen molar-refractivity contribution in [2.24, 2.45) is 5.10 Å². The highest BCUT2D eigenvalue weighted by atomic mass is 16.5. The third-order valence-electron chi connectivity index (χ3n) is 3.02. The van der Waals surface area contributed by atoms with Crippen molar-refractivity contribution in [1.29, 1.82) is 0 Å².